The molecule has 0 bridgehead atoms. The number of rotatable bonds is 5. The van der Waals surface area contributed by atoms with Crippen molar-refractivity contribution < 1.29 is 14.7 Å². The van der Waals surface area contributed by atoms with Crippen LogP contribution in [0.2, 0.25) is 0 Å². The van der Waals surface area contributed by atoms with Gasteiger partial charge >= 0.3 is 5.97 Å². The average molecular weight is 250 g/mol. The summed E-state index contributed by atoms with van der Waals surface area (Å²) in [4.78, 5) is 37.9. The molecule has 0 aromatic carbocycles. The highest BCUT2D eigenvalue weighted by Crippen LogP contribution is 2.28. The predicted octanol–water partition coefficient (Wildman–Crippen LogP) is 0.454. The molecule has 1 aromatic heterocycles. The zero-order valence-electron chi connectivity index (χ0n) is 9.76. The van der Waals surface area contributed by atoms with Gasteiger partial charge in [-0.3, -0.25) is 14.4 Å². The Balaban J connectivity index is 2.12. The van der Waals surface area contributed by atoms with Gasteiger partial charge in [0.05, 0.1) is 6.42 Å². The van der Waals surface area contributed by atoms with Gasteiger partial charge in [-0.05, 0) is 18.9 Å². The molecule has 1 saturated carbocycles. The molecule has 6 heteroatoms. The Hall–Kier alpha value is -2.11. The number of carboxylic acids is 1. The van der Waals surface area contributed by atoms with Gasteiger partial charge in [0.25, 0.3) is 5.91 Å². The Morgan fingerprint density at radius 1 is 1.39 bits per heavy atom. The van der Waals surface area contributed by atoms with Gasteiger partial charge in [0.2, 0.25) is 5.56 Å². The summed E-state index contributed by atoms with van der Waals surface area (Å²) >= 11 is 0. The molecule has 0 unspecified atom stereocenters. The predicted molar refractivity (Wildman–Crippen MR) is 63.4 cm³/mol. The van der Waals surface area contributed by atoms with E-state index >= 15 is 0 Å². The molecule has 0 spiro atoms. The summed E-state index contributed by atoms with van der Waals surface area (Å²) in [5.74, 6) is -1.24. The molecular weight excluding hydrogens is 236 g/mol. The van der Waals surface area contributed by atoms with Crippen molar-refractivity contribution in [1.82, 2.24) is 9.88 Å². The second kappa shape index (κ2) is 5.03. The second-order valence-electron chi connectivity index (χ2n) is 4.30. The summed E-state index contributed by atoms with van der Waals surface area (Å²) in [6.07, 6.45) is 1.70. The van der Waals surface area contributed by atoms with Crippen molar-refractivity contribution in [2.75, 3.05) is 6.54 Å². The maximum absolute atomic E-state index is 12.2. The normalized spacial score (nSPS) is 14.2. The number of carbonyl (C=O) groups excluding carboxylic acids is 1. The van der Waals surface area contributed by atoms with E-state index in [0.29, 0.717) is 0 Å². The third-order valence-electron chi connectivity index (χ3n) is 2.81. The van der Waals surface area contributed by atoms with Crippen LogP contribution in [0.25, 0.3) is 0 Å². The largest absolute Gasteiger partial charge is 0.481 e. The van der Waals surface area contributed by atoms with E-state index in [1.54, 1.807) is 0 Å². The van der Waals surface area contributed by atoms with E-state index in [4.69, 9.17) is 5.11 Å². The summed E-state index contributed by atoms with van der Waals surface area (Å²) in [5.41, 5.74) is -0.130. The fourth-order valence-corrected chi connectivity index (χ4v) is 1.78. The minimum Gasteiger partial charge on any atom is -0.481 e. The van der Waals surface area contributed by atoms with E-state index in [0.717, 1.165) is 12.8 Å². The van der Waals surface area contributed by atoms with Crippen LogP contribution in [0.5, 0.6) is 0 Å². The minimum absolute atomic E-state index is 0.0840. The molecule has 1 amide bonds. The molecule has 2 N–H and O–H groups in total. The van der Waals surface area contributed by atoms with Crippen molar-refractivity contribution in [1.29, 1.82) is 0 Å². The van der Waals surface area contributed by atoms with Crippen LogP contribution in [-0.4, -0.2) is 39.5 Å². The average Bonchev–Trinajstić information content (AvgIpc) is 3.13. The maximum Gasteiger partial charge on any atom is 0.305 e. The molecule has 1 aliphatic carbocycles. The summed E-state index contributed by atoms with van der Waals surface area (Å²) < 4.78 is 0. The molecule has 0 aliphatic heterocycles. The molecule has 1 heterocycles. The zero-order chi connectivity index (χ0) is 13.1. The second-order valence-corrected chi connectivity index (χ2v) is 4.30. The number of H-pyrrole nitrogens is 1. The van der Waals surface area contributed by atoms with Gasteiger partial charge in [-0.15, -0.1) is 0 Å². The third kappa shape index (κ3) is 2.97. The number of nitrogens with zero attached hydrogens (tertiary/aromatic N) is 1. The Kier molecular flexibility index (Phi) is 3.45. The monoisotopic (exact) mass is 250 g/mol. The standard InChI is InChI=1S/C12H14N2O4/c15-10-3-1-2-9(13-10)12(18)14(8-4-5-8)7-6-11(16)17/h1-3,8H,4-7H2,(H,13,15)(H,16,17). The van der Waals surface area contributed by atoms with E-state index in [9.17, 15) is 14.4 Å². The lowest BCUT2D eigenvalue weighted by Crippen LogP contribution is -2.36. The highest BCUT2D eigenvalue weighted by atomic mass is 16.4. The van der Waals surface area contributed by atoms with Crippen LogP contribution in [0.1, 0.15) is 29.8 Å². The van der Waals surface area contributed by atoms with Gasteiger partial charge in [-0.2, -0.15) is 0 Å². The lowest BCUT2D eigenvalue weighted by molar-refractivity contribution is -0.137. The number of pyridine rings is 1. The molecule has 1 aliphatic rings. The van der Waals surface area contributed by atoms with Gasteiger partial charge in [-0.25, -0.2) is 0 Å². The van der Waals surface area contributed by atoms with E-state index < -0.39 is 5.97 Å². The van der Waals surface area contributed by atoms with Gasteiger partial charge in [0, 0.05) is 18.7 Å². The topological polar surface area (TPSA) is 90.5 Å². The van der Waals surface area contributed by atoms with Gasteiger partial charge < -0.3 is 15.0 Å². The summed E-state index contributed by atoms with van der Waals surface area (Å²) in [6.45, 7) is 0.176. The van der Waals surface area contributed by atoms with Crippen LogP contribution >= 0.6 is 0 Å². The number of amides is 1. The van der Waals surface area contributed by atoms with Crippen LogP contribution in [0, 0.1) is 0 Å². The Labute approximate surface area is 103 Å². The third-order valence-corrected chi connectivity index (χ3v) is 2.81. The van der Waals surface area contributed by atoms with Crippen LogP contribution in [0.4, 0.5) is 0 Å². The minimum atomic E-state index is -0.935. The molecule has 6 nitrogen and oxygen atoms in total. The van der Waals surface area contributed by atoms with Gasteiger partial charge in [0.1, 0.15) is 5.69 Å². The fraction of sp³-hybridized carbons (Fsp3) is 0.417. The van der Waals surface area contributed by atoms with Crippen molar-refractivity contribution in [2.24, 2.45) is 0 Å². The SMILES string of the molecule is O=C(O)CCN(C(=O)c1cccc(=O)[nH]1)C1CC1. The maximum atomic E-state index is 12.2. The molecule has 0 atom stereocenters. The van der Waals surface area contributed by atoms with Crippen molar-refractivity contribution >= 4 is 11.9 Å². The van der Waals surface area contributed by atoms with Crippen molar-refractivity contribution in [3.8, 4) is 0 Å². The first-order chi connectivity index (χ1) is 8.58. The molecule has 96 valence electrons. The number of hydrogen-bond donors (Lipinski definition) is 2. The number of hydrogen-bond acceptors (Lipinski definition) is 3. The number of carboxylic acid groups (broad SMARTS) is 1. The number of carbonyl (C=O) groups is 2. The lowest BCUT2D eigenvalue weighted by Gasteiger charge is -2.21. The van der Waals surface area contributed by atoms with E-state index in [-0.39, 0.29) is 36.2 Å². The smallest absolute Gasteiger partial charge is 0.305 e. The first-order valence-electron chi connectivity index (χ1n) is 5.80. The zero-order valence-corrected chi connectivity index (χ0v) is 9.76. The fourth-order valence-electron chi connectivity index (χ4n) is 1.78. The highest BCUT2D eigenvalue weighted by molar-refractivity contribution is 5.92. The molecule has 0 saturated heterocycles. The molecule has 1 fully saturated rings. The highest BCUT2D eigenvalue weighted by Gasteiger charge is 2.33. The summed E-state index contributed by atoms with van der Waals surface area (Å²) in [7, 11) is 0. The molecule has 2 rings (SSSR count). The Bertz CT molecular complexity index is 519. The molecule has 0 radical (unpaired) electrons. The van der Waals surface area contributed by atoms with Crippen LogP contribution in [0.15, 0.2) is 23.0 Å². The van der Waals surface area contributed by atoms with Crippen molar-refractivity contribution in [3.05, 3.63) is 34.2 Å². The Morgan fingerprint density at radius 3 is 2.67 bits per heavy atom. The van der Waals surface area contributed by atoms with Gasteiger partial charge in [0.15, 0.2) is 0 Å². The number of aromatic amines is 1. The first kappa shape index (κ1) is 12.3. The van der Waals surface area contributed by atoms with Crippen LogP contribution < -0.4 is 5.56 Å². The molecule has 1 aromatic rings. The van der Waals surface area contributed by atoms with E-state index in [2.05, 4.69) is 4.98 Å². The first-order valence-corrected chi connectivity index (χ1v) is 5.80. The van der Waals surface area contributed by atoms with Crippen LogP contribution in [0.3, 0.4) is 0 Å². The Morgan fingerprint density at radius 2 is 2.11 bits per heavy atom. The number of aliphatic carboxylic acids is 1. The molecular formula is C12H14N2O4. The van der Waals surface area contributed by atoms with E-state index in [1.165, 1.54) is 23.1 Å². The number of nitrogens with one attached hydrogen (secondary N) is 1. The van der Waals surface area contributed by atoms with Crippen molar-refractivity contribution in [2.45, 2.75) is 25.3 Å². The van der Waals surface area contributed by atoms with Crippen molar-refractivity contribution in [3.63, 3.8) is 0 Å². The number of aromatic nitrogens is 1. The summed E-state index contributed by atoms with van der Waals surface area (Å²) in [5, 5.41) is 8.67. The van der Waals surface area contributed by atoms with E-state index in [1.807, 2.05) is 0 Å². The lowest BCUT2D eigenvalue weighted by atomic mass is 10.3. The van der Waals surface area contributed by atoms with Gasteiger partial charge in [-0.1, -0.05) is 6.07 Å². The molecule has 18 heavy (non-hydrogen) atoms. The van der Waals surface area contributed by atoms with Crippen LogP contribution in [-0.2, 0) is 4.79 Å². The summed E-state index contributed by atoms with van der Waals surface area (Å²) in [6, 6.07) is 4.48. The quantitative estimate of drug-likeness (QED) is 0.794.